The Labute approximate surface area is 157 Å². The van der Waals surface area contributed by atoms with Gasteiger partial charge in [0, 0.05) is 26.2 Å². The van der Waals surface area contributed by atoms with E-state index in [0.29, 0.717) is 0 Å². The van der Waals surface area contributed by atoms with E-state index in [1.54, 1.807) is 0 Å². The molecule has 0 fully saturated rings. The number of amides is 2. The Hall–Kier alpha value is -4.36. The maximum Gasteiger partial charge on any atom is 0.312 e. The number of nitrogens with zero attached hydrogens (tertiary/aromatic N) is 4. The minimum Gasteiger partial charge on any atom is -0.292 e. The quantitative estimate of drug-likeness (QED) is 0.405. The standard InChI is InChI=1S/2C7H8N4O3/c2*1-5(12)9-10-6-2-3-8-4-7(6)11(13)14/h2*2-4H,1H3,(H,8,10)(H,9,12). The van der Waals surface area contributed by atoms with E-state index in [9.17, 15) is 29.8 Å². The predicted molar refractivity (Wildman–Crippen MR) is 96.7 cm³/mol. The third-order valence-electron chi connectivity index (χ3n) is 2.74. The third-order valence-corrected chi connectivity index (χ3v) is 2.74. The Bertz CT molecular complexity index is 803. The SMILES string of the molecule is CC(=O)NNc1ccncc1[N+](=O)[O-].CC(=O)NNc1ccncc1[N+](=O)[O-]. The molecule has 0 atom stereocenters. The maximum atomic E-state index is 10.5. The molecule has 148 valence electrons. The highest BCUT2D eigenvalue weighted by atomic mass is 16.6. The van der Waals surface area contributed by atoms with Crippen LogP contribution in [0.2, 0.25) is 0 Å². The molecule has 0 aromatic carbocycles. The van der Waals surface area contributed by atoms with Crippen molar-refractivity contribution in [3.8, 4) is 0 Å². The molecule has 2 aromatic rings. The monoisotopic (exact) mass is 392 g/mol. The Morgan fingerprint density at radius 1 is 0.821 bits per heavy atom. The second-order valence-electron chi connectivity index (χ2n) is 4.91. The molecule has 0 unspecified atom stereocenters. The molecule has 0 aliphatic rings. The number of hydrogen-bond donors (Lipinski definition) is 4. The van der Waals surface area contributed by atoms with Crippen molar-refractivity contribution in [3.63, 3.8) is 0 Å². The van der Waals surface area contributed by atoms with Crippen LogP contribution in [0.4, 0.5) is 22.7 Å². The summed E-state index contributed by atoms with van der Waals surface area (Å²) in [6, 6.07) is 2.79. The number of nitrogens with one attached hydrogen (secondary N) is 4. The lowest BCUT2D eigenvalue weighted by atomic mass is 10.3. The number of hydrazine groups is 2. The maximum absolute atomic E-state index is 10.5. The van der Waals surface area contributed by atoms with Crippen LogP contribution in [0.25, 0.3) is 0 Å². The van der Waals surface area contributed by atoms with Crippen molar-refractivity contribution in [2.45, 2.75) is 13.8 Å². The molecule has 14 heteroatoms. The summed E-state index contributed by atoms with van der Waals surface area (Å²) < 4.78 is 0. The van der Waals surface area contributed by atoms with Gasteiger partial charge in [0.2, 0.25) is 11.8 Å². The second kappa shape index (κ2) is 10.6. The fraction of sp³-hybridized carbons (Fsp3) is 0.143. The molecule has 2 amide bonds. The van der Waals surface area contributed by atoms with Crippen LogP contribution in [-0.2, 0) is 9.59 Å². The van der Waals surface area contributed by atoms with E-state index in [1.165, 1.54) is 38.4 Å². The van der Waals surface area contributed by atoms with Crippen LogP contribution in [0.1, 0.15) is 13.8 Å². The predicted octanol–water partition coefficient (Wildman–Crippen LogP) is 0.906. The molecule has 0 aliphatic carbocycles. The van der Waals surface area contributed by atoms with Crippen molar-refractivity contribution in [2.24, 2.45) is 0 Å². The van der Waals surface area contributed by atoms with Crippen LogP contribution in [0, 0.1) is 20.2 Å². The number of carbonyl (C=O) groups excluding carboxylic acids is 2. The normalized spacial score (nSPS) is 9.21. The van der Waals surface area contributed by atoms with Crippen LogP contribution in [0.15, 0.2) is 36.9 Å². The first-order valence-corrected chi connectivity index (χ1v) is 7.44. The van der Waals surface area contributed by atoms with Crippen molar-refractivity contribution < 1.29 is 19.4 Å². The van der Waals surface area contributed by atoms with Crippen LogP contribution in [-0.4, -0.2) is 31.6 Å². The van der Waals surface area contributed by atoms with Crippen LogP contribution in [0.3, 0.4) is 0 Å². The highest BCUT2D eigenvalue weighted by Gasteiger charge is 2.13. The van der Waals surface area contributed by atoms with Crippen LogP contribution >= 0.6 is 0 Å². The van der Waals surface area contributed by atoms with Gasteiger partial charge in [-0.05, 0) is 12.1 Å². The van der Waals surface area contributed by atoms with E-state index in [2.05, 4.69) is 31.7 Å². The summed E-state index contributed by atoms with van der Waals surface area (Å²) >= 11 is 0. The van der Waals surface area contributed by atoms with Gasteiger partial charge in [0.15, 0.2) is 0 Å². The largest absolute Gasteiger partial charge is 0.312 e. The first kappa shape index (κ1) is 21.7. The molecule has 2 heterocycles. The summed E-state index contributed by atoms with van der Waals surface area (Å²) in [7, 11) is 0. The molecule has 2 rings (SSSR count). The minimum atomic E-state index is -0.586. The van der Waals surface area contributed by atoms with E-state index < -0.39 is 9.85 Å². The number of carbonyl (C=O) groups is 2. The molecular weight excluding hydrogens is 376 g/mol. The van der Waals surface area contributed by atoms with Crippen molar-refractivity contribution in [2.75, 3.05) is 10.9 Å². The van der Waals surface area contributed by atoms with Gasteiger partial charge in [-0.1, -0.05) is 0 Å². The van der Waals surface area contributed by atoms with Gasteiger partial charge >= 0.3 is 11.4 Å². The summed E-state index contributed by atoms with van der Waals surface area (Å²) in [4.78, 5) is 48.1. The van der Waals surface area contributed by atoms with Crippen LogP contribution in [0.5, 0.6) is 0 Å². The van der Waals surface area contributed by atoms with Gasteiger partial charge in [-0.15, -0.1) is 0 Å². The Morgan fingerprint density at radius 3 is 1.46 bits per heavy atom. The van der Waals surface area contributed by atoms with Gasteiger partial charge in [-0.2, -0.15) is 0 Å². The molecule has 0 saturated heterocycles. The Kier molecular flexibility index (Phi) is 8.20. The Morgan fingerprint density at radius 2 is 1.18 bits per heavy atom. The number of nitro groups is 2. The van der Waals surface area contributed by atoms with E-state index in [4.69, 9.17) is 0 Å². The van der Waals surface area contributed by atoms with Crippen molar-refractivity contribution in [1.82, 2.24) is 20.8 Å². The van der Waals surface area contributed by atoms with E-state index >= 15 is 0 Å². The zero-order chi connectivity index (χ0) is 21.1. The first-order chi connectivity index (χ1) is 13.2. The zero-order valence-electron chi connectivity index (χ0n) is 14.7. The van der Waals surface area contributed by atoms with E-state index in [0.717, 1.165) is 12.4 Å². The highest BCUT2D eigenvalue weighted by molar-refractivity contribution is 5.76. The number of pyridine rings is 2. The topological polar surface area (TPSA) is 194 Å². The van der Waals surface area contributed by atoms with Crippen molar-refractivity contribution in [3.05, 3.63) is 57.1 Å². The smallest absolute Gasteiger partial charge is 0.292 e. The Balaban J connectivity index is 0.000000280. The fourth-order valence-electron chi connectivity index (χ4n) is 1.59. The molecule has 0 aliphatic heterocycles. The van der Waals surface area contributed by atoms with Gasteiger partial charge in [0.1, 0.15) is 23.8 Å². The lowest BCUT2D eigenvalue weighted by molar-refractivity contribution is -0.384. The summed E-state index contributed by atoms with van der Waals surface area (Å²) in [6.45, 7) is 2.58. The summed E-state index contributed by atoms with van der Waals surface area (Å²) in [6.07, 6.45) is 4.97. The van der Waals surface area contributed by atoms with Gasteiger partial charge in [0.05, 0.1) is 9.85 Å². The van der Waals surface area contributed by atoms with Crippen LogP contribution < -0.4 is 21.7 Å². The molecule has 28 heavy (non-hydrogen) atoms. The summed E-state index contributed by atoms with van der Waals surface area (Å²) in [5, 5.41) is 21.0. The molecule has 0 radical (unpaired) electrons. The number of hydrogen-bond acceptors (Lipinski definition) is 10. The molecule has 4 N–H and O–H groups in total. The van der Waals surface area contributed by atoms with Gasteiger partial charge in [-0.3, -0.25) is 61.5 Å². The molecule has 14 nitrogen and oxygen atoms in total. The summed E-state index contributed by atoms with van der Waals surface area (Å²) in [5.41, 5.74) is 9.30. The number of rotatable bonds is 6. The van der Waals surface area contributed by atoms with E-state index in [-0.39, 0.29) is 34.6 Å². The first-order valence-electron chi connectivity index (χ1n) is 7.44. The van der Waals surface area contributed by atoms with Gasteiger partial charge < -0.3 is 0 Å². The number of aromatic nitrogens is 2. The molecule has 0 saturated carbocycles. The number of anilines is 2. The molecular formula is C14H16N8O6. The lowest BCUT2D eigenvalue weighted by Gasteiger charge is -2.05. The average Bonchev–Trinajstić information content (AvgIpc) is 2.65. The lowest BCUT2D eigenvalue weighted by Crippen LogP contribution is -2.26. The van der Waals surface area contributed by atoms with Gasteiger partial charge in [0.25, 0.3) is 0 Å². The van der Waals surface area contributed by atoms with Crippen molar-refractivity contribution in [1.29, 1.82) is 0 Å². The zero-order valence-corrected chi connectivity index (χ0v) is 14.7. The molecule has 0 spiro atoms. The second-order valence-corrected chi connectivity index (χ2v) is 4.91. The van der Waals surface area contributed by atoms with Gasteiger partial charge in [-0.25, -0.2) is 0 Å². The fourth-order valence-corrected chi connectivity index (χ4v) is 1.59. The minimum absolute atomic E-state index is 0.193. The average molecular weight is 392 g/mol. The molecule has 0 bridgehead atoms. The molecule has 2 aromatic heterocycles. The third kappa shape index (κ3) is 7.26. The van der Waals surface area contributed by atoms with Crippen molar-refractivity contribution >= 4 is 34.6 Å². The van der Waals surface area contributed by atoms with E-state index in [1.807, 2.05) is 0 Å². The summed E-state index contributed by atoms with van der Waals surface area (Å²) in [5.74, 6) is -0.674. The highest BCUT2D eigenvalue weighted by Crippen LogP contribution is 2.21.